The Morgan fingerprint density at radius 1 is 1.20 bits per heavy atom. The smallest absolute Gasteiger partial charge is 0.432 e. The molecule has 1 N–H and O–H groups in total. The second-order valence-corrected chi connectivity index (χ2v) is 4.82. The average molecular weight is 266 g/mol. The van der Waals surface area contributed by atoms with E-state index in [9.17, 15) is 9.90 Å². The van der Waals surface area contributed by atoms with E-state index in [2.05, 4.69) is 11.2 Å². The van der Waals surface area contributed by atoms with Crippen LogP contribution in [0.3, 0.4) is 0 Å². The van der Waals surface area contributed by atoms with E-state index in [1.54, 1.807) is 6.07 Å². The molecule has 0 aliphatic heterocycles. The zero-order chi connectivity index (χ0) is 14.1. The van der Waals surface area contributed by atoms with Gasteiger partial charge in [-0.05, 0) is 18.6 Å². The van der Waals surface area contributed by atoms with Crippen molar-refractivity contribution >= 4 is 17.0 Å². The molecule has 3 aromatic rings. The van der Waals surface area contributed by atoms with Gasteiger partial charge >= 0.3 is 6.09 Å². The van der Waals surface area contributed by atoms with Gasteiger partial charge in [0, 0.05) is 11.8 Å². The van der Waals surface area contributed by atoms with Crippen LogP contribution >= 0.6 is 0 Å². The lowest BCUT2D eigenvalue weighted by atomic mass is 10.0. The van der Waals surface area contributed by atoms with Crippen molar-refractivity contribution in [3.8, 4) is 0 Å². The molecule has 2 aromatic carbocycles. The monoisotopic (exact) mass is 266 g/mol. The molecule has 0 aliphatic rings. The van der Waals surface area contributed by atoms with Crippen LogP contribution in [0.15, 0.2) is 48.5 Å². The van der Waals surface area contributed by atoms with Crippen molar-refractivity contribution < 1.29 is 9.90 Å². The maximum atomic E-state index is 11.2. The second-order valence-electron chi connectivity index (χ2n) is 4.82. The molecule has 0 aliphatic carbocycles. The average Bonchev–Trinajstić information content (AvgIpc) is 2.78. The molecule has 0 saturated carbocycles. The number of nitrogens with zero attached hydrogens (tertiary/aromatic N) is 2. The van der Waals surface area contributed by atoms with Crippen molar-refractivity contribution in [3.63, 3.8) is 0 Å². The largest absolute Gasteiger partial charge is 0.463 e. The summed E-state index contributed by atoms with van der Waals surface area (Å²) in [6, 6.07) is 15.6. The van der Waals surface area contributed by atoms with Gasteiger partial charge in [-0.15, -0.1) is 0 Å². The van der Waals surface area contributed by atoms with Gasteiger partial charge in [0.2, 0.25) is 0 Å². The van der Waals surface area contributed by atoms with E-state index in [1.807, 2.05) is 43.3 Å². The molecule has 3 rings (SSSR count). The number of aromatic nitrogens is 2. The highest BCUT2D eigenvalue weighted by Gasteiger charge is 2.14. The fourth-order valence-corrected chi connectivity index (χ4v) is 2.42. The molecule has 0 spiro atoms. The zero-order valence-corrected chi connectivity index (χ0v) is 11.1. The van der Waals surface area contributed by atoms with Crippen LogP contribution in [0.5, 0.6) is 0 Å². The highest BCUT2D eigenvalue weighted by molar-refractivity contribution is 5.89. The molecular formula is C16H14N2O2. The Balaban J connectivity index is 2.10. The summed E-state index contributed by atoms with van der Waals surface area (Å²) in [5.41, 5.74) is 3.73. The van der Waals surface area contributed by atoms with Gasteiger partial charge in [0.15, 0.2) is 0 Å². The standard InChI is InChI=1S/C16H14N2O2/c1-11-5-4-6-12(9-11)10-14-13-7-2-3-8-15(13)18(17-14)16(19)20/h2-9H,10H2,1H3,(H,19,20). The normalized spacial score (nSPS) is 10.8. The number of aryl methyl sites for hydroxylation is 1. The van der Waals surface area contributed by atoms with Gasteiger partial charge in [0.05, 0.1) is 11.2 Å². The Morgan fingerprint density at radius 3 is 2.75 bits per heavy atom. The minimum absolute atomic E-state index is 0.627. The number of para-hydroxylation sites is 1. The van der Waals surface area contributed by atoms with Gasteiger partial charge in [-0.3, -0.25) is 0 Å². The third-order valence-electron chi connectivity index (χ3n) is 3.30. The SMILES string of the molecule is Cc1cccc(Cc2nn(C(=O)O)c3ccccc23)c1. The van der Waals surface area contributed by atoms with Crippen LogP contribution in [0.2, 0.25) is 0 Å². The molecule has 100 valence electrons. The van der Waals surface area contributed by atoms with E-state index >= 15 is 0 Å². The van der Waals surface area contributed by atoms with Crippen LogP contribution in [0.25, 0.3) is 10.9 Å². The number of benzene rings is 2. The van der Waals surface area contributed by atoms with E-state index in [0.29, 0.717) is 11.9 Å². The predicted octanol–water partition coefficient (Wildman–Crippen LogP) is 3.46. The molecule has 0 amide bonds. The van der Waals surface area contributed by atoms with Crippen LogP contribution in [-0.4, -0.2) is 21.0 Å². The lowest BCUT2D eigenvalue weighted by molar-refractivity contribution is 0.194. The molecule has 1 heterocycles. The summed E-state index contributed by atoms with van der Waals surface area (Å²) in [5, 5.41) is 14.3. The third kappa shape index (κ3) is 2.16. The van der Waals surface area contributed by atoms with Crippen LogP contribution in [0.4, 0.5) is 4.79 Å². The molecule has 1 aromatic heterocycles. The Kier molecular flexibility index (Phi) is 2.99. The lowest BCUT2D eigenvalue weighted by Crippen LogP contribution is -2.09. The van der Waals surface area contributed by atoms with Crippen LogP contribution in [0.1, 0.15) is 16.8 Å². The van der Waals surface area contributed by atoms with E-state index < -0.39 is 6.09 Å². The Bertz CT molecular complexity index is 790. The summed E-state index contributed by atoms with van der Waals surface area (Å²) in [5.74, 6) is 0. The summed E-state index contributed by atoms with van der Waals surface area (Å²) in [4.78, 5) is 11.2. The predicted molar refractivity (Wildman–Crippen MR) is 77.1 cm³/mol. The van der Waals surface area contributed by atoms with Crippen molar-refractivity contribution in [1.29, 1.82) is 0 Å². The molecule has 0 fully saturated rings. The van der Waals surface area contributed by atoms with Crippen LogP contribution in [-0.2, 0) is 6.42 Å². The zero-order valence-electron chi connectivity index (χ0n) is 11.1. The fraction of sp³-hybridized carbons (Fsp3) is 0.125. The van der Waals surface area contributed by atoms with Gasteiger partial charge < -0.3 is 5.11 Å². The second kappa shape index (κ2) is 4.81. The number of carboxylic acid groups (broad SMARTS) is 1. The van der Waals surface area contributed by atoms with Crippen molar-refractivity contribution in [2.45, 2.75) is 13.3 Å². The number of carbonyl (C=O) groups is 1. The first kappa shape index (κ1) is 12.4. The molecule has 0 unspecified atom stereocenters. The Morgan fingerprint density at radius 2 is 2.00 bits per heavy atom. The fourth-order valence-electron chi connectivity index (χ4n) is 2.42. The van der Waals surface area contributed by atoms with E-state index in [4.69, 9.17) is 0 Å². The number of hydrogen-bond donors (Lipinski definition) is 1. The molecule has 4 heteroatoms. The molecular weight excluding hydrogens is 252 g/mol. The van der Waals surface area contributed by atoms with Gasteiger partial charge in [0.1, 0.15) is 0 Å². The summed E-state index contributed by atoms with van der Waals surface area (Å²) >= 11 is 0. The Labute approximate surface area is 116 Å². The highest BCUT2D eigenvalue weighted by atomic mass is 16.4. The van der Waals surface area contributed by atoms with Gasteiger partial charge in [-0.25, -0.2) is 4.79 Å². The Hall–Kier alpha value is -2.62. The lowest BCUT2D eigenvalue weighted by Gasteiger charge is -2.00. The highest BCUT2D eigenvalue weighted by Crippen LogP contribution is 2.21. The topological polar surface area (TPSA) is 55.1 Å². The number of rotatable bonds is 2. The number of hydrogen-bond acceptors (Lipinski definition) is 2. The first-order valence-corrected chi connectivity index (χ1v) is 6.40. The molecule has 0 saturated heterocycles. The van der Waals surface area contributed by atoms with E-state index in [-0.39, 0.29) is 0 Å². The van der Waals surface area contributed by atoms with Crippen molar-refractivity contribution in [3.05, 3.63) is 65.4 Å². The minimum Gasteiger partial charge on any atom is -0.463 e. The minimum atomic E-state index is -1.06. The molecule has 0 bridgehead atoms. The first-order chi connectivity index (χ1) is 9.65. The van der Waals surface area contributed by atoms with Crippen molar-refractivity contribution in [1.82, 2.24) is 9.78 Å². The maximum absolute atomic E-state index is 11.2. The third-order valence-corrected chi connectivity index (χ3v) is 3.30. The van der Waals surface area contributed by atoms with Gasteiger partial charge in [-0.2, -0.15) is 9.78 Å². The maximum Gasteiger partial charge on any atom is 0.432 e. The van der Waals surface area contributed by atoms with Gasteiger partial charge in [-0.1, -0.05) is 48.0 Å². The molecule has 0 radical (unpaired) electrons. The molecule has 0 atom stereocenters. The van der Waals surface area contributed by atoms with Crippen molar-refractivity contribution in [2.75, 3.05) is 0 Å². The molecule has 20 heavy (non-hydrogen) atoms. The summed E-state index contributed by atoms with van der Waals surface area (Å²) in [6.07, 6.45) is -0.431. The van der Waals surface area contributed by atoms with Gasteiger partial charge in [0.25, 0.3) is 0 Å². The number of fused-ring (bicyclic) bond motifs is 1. The van der Waals surface area contributed by atoms with E-state index in [1.165, 1.54) is 5.56 Å². The van der Waals surface area contributed by atoms with Crippen LogP contribution < -0.4 is 0 Å². The quantitative estimate of drug-likeness (QED) is 0.772. The molecule has 4 nitrogen and oxygen atoms in total. The van der Waals surface area contributed by atoms with E-state index in [0.717, 1.165) is 21.3 Å². The summed E-state index contributed by atoms with van der Waals surface area (Å²) in [7, 11) is 0. The summed E-state index contributed by atoms with van der Waals surface area (Å²) < 4.78 is 1.04. The summed E-state index contributed by atoms with van der Waals surface area (Å²) in [6.45, 7) is 2.04. The van der Waals surface area contributed by atoms with Crippen LogP contribution in [0, 0.1) is 6.92 Å². The first-order valence-electron chi connectivity index (χ1n) is 6.40. The van der Waals surface area contributed by atoms with Crippen molar-refractivity contribution in [2.24, 2.45) is 0 Å².